The van der Waals surface area contributed by atoms with Crippen LogP contribution in [0.15, 0.2) is 24.3 Å². The number of hydrogen-bond acceptors (Lipinski definition) is 2. The molecule has 0 aliphatic heterocycles. The van der Waals surface area contributed by atoms with Crippen LogP contribution in [0.3, 0.4) is 0 Å². The lowest BCUT2D eigenvalue weighted by Crippen LogP contribution is -1.95. The van der Waals surface area contributed by atoms with Gasteiger partial charge in [-0.15, -0.1) is 12.3 Å². The molecule has 0 atom stereocenters. The second-order valence-corrected chi connectivity index (χ2v) is 4.27. The van der Waals surface area contributed by atoms with E-state index in [-0.39, 0.29) is 0 Å². The number of hydrogen-bond donors (Lipinski definition) is 0. The molecule has 0 unspecified atom stereocenters. The molecule has 0 fully saturated rings. The second kappa shape index (κ2) is 9.56. The molecule has 2 nitrogen and oxygen atoms in total. The summed E-state index contributed by atoms with van der Waals surface area (Å²) in [5.74, 6) is 3.54. The van der Waals surface area contributed by atoms with Crippen molar-refractivity contribution in [2.75, 3.05) is 13.7 Å². The van der Waals surface area contributed by atoms with Gasteiger partial charge >= 0.3 is 0 Å². The highest BCUT2D eigenvalue weighted by Crippen LogP contribution is 2.12. The Kier molecular flexibility index (Phi) is 7.75. The minimum absolute atomic E-state index is 0.675. The van der Waals surface area contributed by atoms with Gasteiger partial charge in [-0.2, -0.15) is 0 Å². The van der Waals surface area contributed by atoms with E-state index in [1.165, 1.54) is 18.4 Å². The molecular weight excluding hydrogens is 224 g/mol. The minimum atomic E-state index is 0.675. The van der Waals surface area contributed by atoms with Gasteiger partial charge in [0.2, 0.25) is 0 Å². The van der Waals surface area contributed by atoms with Crippen molar-refractivity contribution in [3.05, 3.63) is 29.8 Å². The van der Waals surface area contributed by atoms with Gasteiger partial charge in [0.05, 0.1) is 13.7 Å². The summed E-state index contributed by atoms with van der Waals surface area (Å²) in [5.41, 5.74) is 1.18. The Morgan fingerprint density at radius 2 is 1.78 bits per heavy atom. The van der Waals surface area contributed by atoms with Crippen molar-refractivity contribution in [3.8, 4) is 18.1 Å². The summed E-state index contributed by atoms with van der Waals surface area (Å²) in [7, 11) is 1.67. The lowest BCUT2D eigenvalue weighted by atomic mass is 10.1. The first-order valence-corrected chi connectivity index (χ1v) is 6.51. The molecule has 0 saturated heterocycles. The standard InChI is InChI=1S/C16H22O2/c1-3-4-5-6-7-8-13-18-14-15-9-11-16(17-2)12-10-15/h1,9-12H,4-8,13-14H2,2H3. The van der Waals surface area contributed by atoms with E-state index >= 15 is 0 Å². The SMILES string of the molecule is C#CCCCCCCOCc1ccc(OC)cc1. The first-order valence-electron chi connectivity index (χ1n) is 6.51. The Morgan fingerprint density at radius 3 is 2.44 bits per heavy atom. The zero-order chi connectivity index (χ0) is 13.1. The molecule has 0 aromatic heterocycles. The molecule has 2 heteroatoms. The quantitative estimate of drug-likeness (QED) is 0.487. The molecule has 1 aromatic rings. The maximum Gasteiger partial charge on any atom is 0.118 e. The van der Waals surface area contributed by atoms with E-state index in [2.05, 4.69) is 5.92 Å². The van der Waals surface area contributed by atoms with Gasteiger partial charge in [-0.05, 0) is 30.5 Å². The van der Waals surface area contributed by atoms with Crippen molar-refractivity contribution in [2.24, 2.45) is 0 Å². The summed E-state index contributed by atoms with van der Waals surface area (Å²) in [4.78, 5) is 0. The number of unbranched alkanes of at least 4 members (excludes halogenated alkanes) is 4. The second-order valence-electron chi connectivity index (χ2n) is 4.27. The summed E-state index contributed by atoms with van der Waals surface area (Å²) in [6.07, 6.45) is 10.7. The van der Waals surface area contributed by atoms with E-state index in [1.54, 1.807) is 7.11 Å². The fraction of sp³-hybridized carbons (Fsp3) is 0.500. The summed E-state index contributed by atoms with van der Waals surface area (Å²) < 4.78 is 10.7. The Hall–Kier alpha value is -1.46. The van der Waals surface area contributed by atoms with Crippen LogP contribution in [0.25, 0.3) is 0 Å². The van der Waals surface area contributed by atoms with Crippen LogP contribution in [-0.2, 0) is 11.3 Å². The molecule has 18 heavy (non-hydrogen) atoms. The highest BCUT2D eigenvalue weighted by molar-refractivity contribution is 5.26. The number of terminal acetylenes is 1. The Bertz CT molecular complexity index is 348. The maximum absolute atomic E-state index is 5.62. The predicted molar refractivity (Wildman–Crippen MR) is 74.6 cm³/mol. The van der Waals surface area contributed by atoms with E-state index in [0.29, 0.717) is 6.61 Å². The van der Waals surface area contributed by atoms with Crippen molar-refractivity contribution < 1.29 is 9.47 Å². The average Bonchev–Trinajstić information content (AvgIpc) is 2.42. The van der Waals surface area contributed by atoms with Crippen LogP contribution in [0.4, 0.5) is 0 Å². The monoisotopic (exact) mass is 246 g/mol. The van der Waals surface area contributed by atoms with Gasteiger partial charge in [0.25, 0.3) is 0 Å². The van der Waals surface area contributed by atoms with Gasteiger partial charge in [0, 0.05) is 13.0 Å². The fourth-order valence-electron chi connectivity index (χ4n) is 1.70. The van der Waals surface area contributed by atoms with E-state index in [4.69, 9.17) is 15.9 Å². The molecule has 0 radical (unpaired) electrons. The van der Waals surface area contributed by atoms with Crippen LogP contribution >= 0.6 is 0 Å². The Balaban J connectivity index is 2.02. The van der Waals surface area contributed by atoms with E-state index in [1.807, 2.05) is 24.3 Å². The summed E-state index contributed by atoms with van der Waals surface area (Å²) in [5, 5.41) is 0. The molecule has 0 spiro atoms. The average molecular weight is 246 g/mol. The number of benzene rings is 1. The largest absolute Gasteiger partial charge is 0.497 e. The van der Waals surface area contributed by atoms with Crippen LogP contribution in [0, 0.1) is 12.3 Å². The van der Waals surface area contributed by atoms with Crippen LogP contribution in [-0.4, -0.2) is 13.7 Å². The summed E-state index contributed by atoms with van der Waals surface area (Å²) in [6.45, 7) is 1.50. The highest BCUT2D eigenvalue weighted by atomic mass is 16.5. The van der Waals surface area contributed by atoms with E-state index in [9.17, 15) is 0 Å². The third-order valence-corrected chi connectivity index (χ3v) is 2.79. The topological polar surface area (TPSA) is 18.5 Å². The molecule has 0 aliphatic rings. The zero-order valence-corrected chi connectivity index (χ0v) is 11.2. The van der Waals surface area contributed by atoms with E-state index < -0.39 is 0 Å². The minimum Gasteiger partial charge on any atom is -0.497 e. The third-order valence-electron chi connectivity index (χ3n) is 2.79. The molecular formula is C16H22O2. The van der Waals surface area contributed by atoms with Crippen LogP contribution in [0.1, 0.15) is 37.7 Å². The van der Waals surface area contributed by atoms with Gasteiger partial charge in [-0.25, -0.2) is 0 Å². The van der Waals surface area contributed by atoms with Crippen molar-refractivity contribution in [3.63, 3.8) is 0 Å². The first kappa shape index (κ1) is 14.6. The fourth-order valence-corrected chi connectivity index (χ4v) is 1.70. The van der Waals surface area contributed by atoms with Crippen molar-refractivity contribution >= 4 is 0 Å². The van der Waals surface area contributed by atoms with Gasteiger partial charge in [0.15, 0.2) is 0 Å². The van der Waals surface area contributed by atoms with Gasteiger partial charge in [-0.1, -0.05) is 25.0 Å². The van der Waals surface area contributed by atoms with Crippen LogP contribution in [0.5, 0.6) is 5.75 Å². The molecule has 0 aliphatic carbocycles. The van der Waals surface area contributed by atoms with Crippen molar-refractivity contribution in [2.45, 2.75) is 38.7 Å². The van der Waals surface area contributed by atoms with Gasteiger partial charge in [0.1, 0.15) is 5.75 Å². The zero-order valence-electron chi connectivity index (χ0n) is 11.2. The van der Waals surface area contributed by atoms with Crippen LogP contribution in [0.2, 0.25) is 0 Å². The third kappa shape index (κ3) is 6.32. The normalized spacial score (nSPS) is 10.0. The lowest BCUT2D eigenvalue weighted by Gasteiger charge is -2.05. The molecule has 98 valence electrons. The lowest BCUT2D eigenvalue weighted by molar-refractivity contribution is 0.116. The molecule has 0 N–H and O–H groups in total. The van der Waals surface area contributed by atoms with Gasteiger partial charge < -0.3 is 9.47 Å². The van der Waals surface area contributed by atoms with Gasteiger partial charge in [-0.3, -0.25) is 0 Å². The maximum atomic E-state index is 5.62. The smallest absolute Gasteiger partial charge is 0.118 e. The Morgan fingerprint density at radius 1 is 1.06 bits per heavy atom. The Labute approximate surface area is 110 Å². The first-order chi connectivity index (χ1) is 8.86. The molecule has 1 rings (SSSR count). The highest BCUT2D eigenvalue weighted by Gasteiger charge is 1.95. The predicted octanol–water partition coefficient (Wildman–Crippen LogP) is 3.80. The molecule has 0 bridgehead atoms. The summed E-state index contributed by atoms with van der Waals surface area (Å²) in [6, 6.07) is 7.98. The van der Waals surface area contributed by atoms with Crippen molar-refractivity contribution in [1.82, 2.24) is 0 Å². The number of ether oxygens (including phenoxy) is 2. The summed E-state index contributed by atoms with van der Waals surface area (Å²) >= 11 is 0. The number of rotatable bonds is 9. The molecule has 0 heterocycles. The molecule has 0 saturated carbocycles. The number of methoxy groups -OCH3 is 1. The molecule has 0 amide bonds. The van der Waals surface area contributed by atoms with E-state index in [0.717, 1.165) is 31.6 Å². The molecule has 1 aromatic carbocycles. The van der Waals surface area contributed by atoms with Crippen molar-refractivity contribution in [1.29, 1.82) is 0 Å². The van der Waals surface area contributed by atoms with Crippen LogP contribution < -0.4 is 4.74 Å².